The number of ketones is 1. The van der Waals surface area contributed by atoms with Gasteiger partial charge in [0.05, 0.1) is 13.0 Å². The number of hydrogen-bond donors (Lipinski definition) is 0. The average molecular weight is 361 g/mol. The summed E-state index contributed by atoms with van der Waals surface area (Å²) >= 11 is 0. The molecule has 0 fully saturated rings. The van der Waals surface area contributed by atoms with Gasteiger partial charge in [-0.2, -0.15) is 0 Å². The Bertz CT molecular complexity index is 481. The maximum absolute atomic E-state index is 11.9. The standard InChI is InChI=1S/C23H36O3/c1-2-3-4-5-6-7-8-9-10-11-15-20-26-23(25)19-18-22(24)21-16-13-12-14-17-21/h12-14,16-17H,2-11,15,18-20H2,1H3. The van der Waals surface area contributed by atoms with E-state index in [0.717, 1.165) is 12.8 Å². The Balaban J connectivity index is 1.89. The minimum Gasteiger partial charge on any atom is -0.466 e. The van der Waals surface area contributed by atoms with E-state index in [-0.39, 0.29) is 24.6 Å². The van der Waals surface area contributed by atoms with Crippen molar-refractivity contribution >= 4 is 11.8 Å². The van der Waals surface area contributed by atoms with Crippen LogP contribution in [0.2, 0.25) is 0 Å². The molecule has 0 amide bonds. The van der Waals surface area contributed by atoms with E-state index in [1.165, 1.54) is 57.8 Å². The molecule has 0 aliphatic carbocycles. The monoisotopic (exact) mass is 360 g/mol. The molecule has 0 atom stereocenters. The van der Waals surface area contributed by atoms with E-state index in [1.54, 1.807) is 12.1 Å². The van der Waals surface area contributed by atoms with Crippen molar-refractivity contribution in [1.29, 1.82) is 0 Å². The molecule has 146 valence electrons. The van der Waals surface area contributed by atoms with Crippen LogP contribution in [0, 0.1) is 0 Å². The summed E-state index contributed by atoms with van der Waals surface area (Å²) in [6.07, 6.45) is 14.5. The van der Waals surface area contributed by atoms with E-state index < -0.39 is 0 Å². The Morgan fingerprint density at radius 3 is 1.85 bits per heavy atom. The highest BCUT2D eigenvalue weighted by molar-refractivity contribution is 5.97. The van der Waals surface area contributed by atoms with Crippen LogP contribution >= 0.6 is 0 Å². The molecule has 3 heteroatoms. The van der Waals surface area contributed by atoms with Crippen LogP contribution in [0.5, 0.6) is 0 Å². The van der Waals surface area contributed by atoms with Crippen LogP contribution < -0.4 is 0 Å². The Morgan fingerprint density at radius 1 is 0.731 bits per heavy atom. The molecule has 3 nitrogen and oxygen atoms in total. The number of ether oxygens (including phenoxy) is 1. The van der Waals surface area contributed by atoms with Gasteiger partial charge in [-0.3, -0.25) is 9.59 Å². The molecule has 0 unspecified atom stereocenters. The van der Waals surface area contributed by atoms with Gasteiger partial charge in [-0.15, -0.1) is 0 Å². The molecule has 0 aliphatic rings. The summed E-state index contributed by atoms with van der Waals surface area (Å²) in [5, 5.41) is 0. The van der Waals surface area contributed by atoms with Crippen LogP contribution in [0.15, 0.2) is 30.3 Å². The van der Waals surface area contributed by atoms with Gasteiger partial charge in [0.2, 0.25) is 0 Å². The summed E-state index contributed by atoms with van der Waals surface area (Å²) in [6.45, 7) is 2.73. The number of carbonyl (C=O) groups excluding carboxylic acids is 2. The Labute approximate surface area is 159 Å². The zero-order valence-corrected chi connectivity index (χ0v) is 16.5. The first-order valence-electron chi connectivity index (χ1n) is 10.5. The van der Waals surface area contributed by atoms with Gasteiger partial charge in [0.1, 0.15) is 0 Å². The smallest absolute Gasteiger partial charge is 0.306 e. The predicted molar refractivity (Wildman–Crippen MR) is 107 cm³/mol. The maximum Gasteiger partial charge on any atom is 0.306 e. The number of esters is 1. The topological polar surface area (TPSA) is 43.4 Å². The highest BCUT2D eigenvalue weighted by atomic mass is 16.5. The van der Waals surface area contributed by atoms with Crippen molar-refractivity contribution in [3.8, 4) is 0 Å². The fraction of sp³-hybridized carbons (Fsp3) is 0.652. The number of hydrogen-bond acceptors (Lipinski definition) is 3. The lowest BCUT2D eigenvalue weighted by Crippen LogP contribution is -2.09. The molecule has 0 heterocycles. The molecule has 0 spiro atoms. The van der Waals surface area contributed by atoms with Crippen molar-refractivity contribution in [3.05, 3.63) is 35.9 Å². The number of Topliss-reactive ketones (excluding diaryl/α,β-unsaturated/α-hetero) is 1. The summed E-state index contributed by atoms with van der Waals surface area (Å²) in [5.74, 6) is -0.265. The second-order valence-corrected chi connectivity index (χ2v) is 7.05. The van der Waals surface area contributed by atoms with Gasteiger partial charge in [0.25, 0.3) is 0 Å². The second kappa shape index (κ2) is 15.6. The van der Waals surface area contributed by atoms with Crippen molar-refractivity contribution in [3.63, 3.8) is 0 Å². The van der Waals surface area contributed by atoms with Gasteiger partial charge in [0, 0.05) is 12.0 Å². The Kier molecular flexibility index (Phi) is 13.4. The molecular formula is C23H36O3. The van der Waals surface area contributed by atoms with Crippen LogP contribution in [0.4, 0.5) is 0 Å². The van der Waals surface area contributed by atoms with Crippen LogP contribution in [0.3, 0.4) is 0 Å². The van der Waals surface area contributed by atoms with Gasteiger partial charge >= 0.3 is 5.97 Å². The molecule has 0 N–H and O–H groups in total. The molecule has 1 aromatic rings. The Morgan fingerprint density at radius 2 is 1.27 bits per heavy atom. The third-order valence-electron chi connectivity index (χ3n) is 4.66. The van der Waals surface area contributed by atoms with Gasteiger partial charge < -0.3 is 4.74 Å². The van der Waals surface area contributed by atoms with Gasteiger partial charge in [-0.1, -0.05) is 101 Å². The summed E-state index contributed by atoms with van der Waals surface area (Å²) in [4.78, 5) is 23.6. The number of unbranched alkanes of at least 4 members (excludes halogenated alkanes) is 10. The highest BCUT2D eigenvalue weighted by Gasteiger charge is 2.09. The average Bonchev–Trinajstić information content (AvgIpc) is 2.67. The van der Waals surface area contributed by atoms with Crippen LogP contribution in [0.1, 0.15) is 101 Å². The minimum absolute atomic E-state index is 0.00255. The van der Waals surface area contributed by atoms with E-state index in [2.05, 4.69) is 6.92 Å². The summed E-state index contributed by atoms with van der Waals surface area (Å²) in [7, 11) is 0. The fourth-order valence-electron chi connectivity index (χ4n) is 3.01. The first-order chi connectivity index (χ1) is 12.7. The molecule has 0 bridgehead atoms. The molecule has 0 aromatic heterocycles. The van der Waals surface area contributed by atoms with Gasteiger partial charge in [-0.25, -0.2) is 0 Å². The van der Waals surface area contributed by atoms with Crippen LogP contribution in [0.25, 0.3) is 0 Å². The van der Waals surface area contributed by atoms with E-state index in [4.69, 9.17) is 4.74 Å². The normalized spacial score (nSPS) is 10.7. The quantitative estimate of drug-likeness (QED) is 0.192. The van der Waals surface area contributed by atoms with Crippen LogP contribution in [-0.2, 0) is 9.53 Å². The largest absolute Gasteiger partial charge is 0.466 e. The van der Waals surface area contributed by atoms with Crippen molar-refractivity contribution in [2.24, 2.45) is 0 Å². The summed E-state index contributed by atoms with van der Waals surface area (Å²) < 4.78 is 5.22. The molecule has 0 aliphatic heterocycles. The SMILES string of the molecule is CCCCCCCCCCCCCOC(=O)CCC(=O)c1ccccc1. The van der Waals surface area contributed by atoms with E-state index >= 15 is 0 Å². The van der Waals surface area contributed by atoms with Gasteiger partial charge in [0.15, 0.2) is 5.78 Å². The summed E-state index contributed by atoms with van der Waals surface area (Å²) in [6, 6.07) is 9.09. The van der Waals surface area contributed by atoms with Crippen molar-refractivity contribution in [2.45, 2.75) is 90.4 Å². The van der Waals surface area contributed by atoms with Gasteiger partial charge in [-0.05, 0) is 6.42 Å². The Hall–Kier alpha value is -1.64. The summed E-state index contributed by atoms with van der Waals surface area (Å²) in [5.41, 5.74) is 0.658. The lowest BCUT2D eigenvalue weighted by molar-refractivity contribution is -0.143. The molecule has 1 aromatic carbocycles. The zero-order valence-electron chi connectivity index (χ0n) is 16.5. The highest BCUT2D eigenvalue weighted by Crippen LogP contribution is 2.11. The number of rotatable bonds is 16. The van der Waals surface area contributed by atoms with Crippen molar-refractivity contribution in [1.82, 2.24) is 0 Å². The van der Waals surface area contributed by atoms with E-state index in [1.807, 2.05) is 18.2 Å². The molecule has 26 heavy (non-hydrogen) atoms. The lowest BCUT2D eigenvalue weighted by atomic mass is 10.1. The minimum atomic E-state index is -0.263. The molecule has 1 rings (SSSR count). The van der Waals surface area contributed by atoms with Crippen LogP contribution in [-0.4, -0.2) is 18.4 Å². The van der Waals surface area contributed by atoms with Crippen molar-refractivity contribution in [2.75, 3.05) is 6.61 Å². The molecule has 0 radical (unpaired) electrons. The fourth-order valence-corrected chi connectivity index (χ4v) is 3.01. The number of benzene rings is 1. The zero-order chi connectivity index (χ0) is 18.9. The first-order valence-corrected chi connectivity index (χ1v) is 10.5. The third-order valence-corrected chi connectivity index (χ3v) is 4.66. The molecule has 0 saturated heterocycles. The molecule has 0 saturated carbocycles. The van der Waals surface area contributed by atoms with E-state index in [9.17, 15) is 9.59 Å². The second-order valence-electron chi connectivity index (χ2n) is 7.05. The predicted octanol–water partition coefficient (Wildman–Crippen LogP) is 6.50. The first kappa shape index (κ1) is 22.4. The third kappa shape index (κ3) is 11.8. The van der Waals surface area contributed by atoms with E-state index in [0.29, 0.717) is 12.2 Å². The number of carbonyl (C=O) groups is 2. The molecular weight excluding hydrogens is 324 g/mol. The van der Waals surface area contributed by atoms with Crippen molar-refractivity contribution < 1.29 is 14.3 Å². The lowest BCUT2D eigenvalue weighted by Gasteiger charge is -2.05. The maximum atomic E-state index is 11.9.